The van der Waals surface area contributed by atoms with Crippen LogP contribution in [0.4, 0.5) is 5.69 Å². The molecule has 0 bridgehead atoms. The predicted molar refractivity (Wildman–Crippen MR) is 79.6 cm³/mol. The first-order chi connectivity index (χ1) is 9.99. The van der Waals surface area contributed by atoms with Gasteiger partial charge in [-0.1, -0.05) is 11.6 Å². The van der Waals surface area contributed by atoms with E-state index < -0.39 is 11.7 Å². The fourth-order valence-corrected chi connectivity index (χ4v) is 2.67. The van der Waals surface area contributed by atoms with Crippen LogP contribution in [0.15, 0.2) is 30.7 Å². The Morgan fingerprint density at radius 1 is 1.29 bits per heavy atom. The van der Waals surface area contributed by atoms with Crippen molar-refractivity contribution < 1.29 is 9.59 Å². The molecule has 0 unspecified atom stereocenters. The van der Waals surface area contributed by atoms with Crippen molar-refractivity contribution in [3.05, 3.63) is 47.0 Å². The first kappa shape index (κ1) is 13.8. The highest BCUT2D eigenvalue weighted by molar-refractivity contribution is 6.52. The molecule has 6 heteroatoms. The summed E-state index contributed by atoms with van der Waals surface area (Å²) in [5.74, 6) is -1.01. The van der Waals surface area contributed by atoms with Crippen molar-refractivity contribution in [2.45, 2.75) is 26.4 Å². The molecule has 108 valence electrons. The number of ketones is 1. The highest BCUT2D eigenvalue weighted by Gasteiger charge is 2.36. The molecule has 1 amide bonds. The Balaban J connectivity index is 2.00. The van der Waals surface area contributed by atoms with Crippen LogP contribution < -0.4 is 4.90 Å². The van der Waals surface area contributed by atoms with Gasteiger partial charge < -0.3 is 4.57 Å². The number of aromatic nitrogens is 2. The topological polar surface area (TPSA) is 55.2 Å². The van der Waals surface area contributed by atoms with Crippen molar-refractivity contribution in [1.29, 1.82) is 0 Å². The third kappa shape index (κ3) is 2.23. The second-order valence-electron chi connectivity index (χ2n) is 5.27. The number of hydrogen-bond donors (Lipinski definition) is 0. The summed E-state index contributed by atoms with van der Waals surface area (Å²) in [7, 11) is 0. The third-order valence-electron chi connectivity index (χ3n) is 3.56. The summed E-state index contributed by atoms with van der Waals surface area (Å²) in [5.41, 5.74) is 1.84. The van der Waals surface area contributed by atoms with Crippen LogP contribution >= 0.6 is 11.6 Å². The molecule has 0 spiro atoms. The first-order valence-electron chi connectivity index (χ1n) is 6.65. The number of rotatable bonds is 3. The van der Waals surface area contributed by atoms with Gasteiger partial charge in [-0.25, -0.2) is 4.98 Å². The molecule has 0 saturated heterocycles. The molecule has 1 aliphatic heterocycles. The summed E-state index contributed by atoms with van der Waals surface area (Å²) in [6.45, 7) is 4.37. The van der Waals surface area contributed by atoms with E-state index in [4.69, 9.17) is 11.6 Å². The molecule has 0 atom stereocenters. The Hall–Kier alpha value is -2.14. The summed E-state index contributed by atoms with van der Waals surface area (Å²) >= 11 is 5.98. The largest absolute Gasteiger partial charge is 0.330 e. The molecular weight excluding hydrogens is 290 g/mol. The summed E-state index contributed by atoms with van der Waals surface area (Å²) in [6.07, 6.45) is 3.43. The molecule has 5 nitrogen and oxygen atoms in total. The maximum Gasteiger partial charge on any atom is 0.299 e. The first-order valence-corrected chi connectivity index (χ1v) is 7.03. The number of carbonyl (C=O) groups is 2. The Labute approximate surface area is 127 Å². The number of Topliss-reactive ketones (excluding diaryl/α,β-unsaturated/α-hetero) is 1. The average molecular weight is 304 g/mol. The smallest absolute Gasteiger partial charge is 0.299 e. The number of benzene rings is 1. The number of fused-ring (bicyclic) bond motifs is 1. The van der Waals surface area contributed by atoms with Gasteiger partial charge in [0.1, 0.15) is 0 Å². The molecule has 0 N–H and O–H groups in total. The van der Waals surface area contributed by atoms with Crippen molar-refractivity contribution in [2.75, 3.05) is 4.90 Å². The Bertz CT molecular complexity index is 736. The van der Waals surface area contributed by atoms with E-state index in [1.165, 1.54) is 4.90 Å². The minimum Gasteiger partial charge on any atom is -0.330 e. The molecular formula is C15H14ClN3O2. The van der Waals surface area contributed by atoms with E-state index >= 15 is 0 Å². The normalized spacial score (nSPS) is 14.2. The van der Waals surface area contributed by atoms with Crippen LogP contribution in [0.1, 0.15) is 35.9 Å². The van der Waals surface area contributed by atoms with Crippen molar-refractivity contribution in [3.63, 3.8) is 0 Å². The van der Waals surface area contributed by atoms with Gasteiger partial charge in [0.2, 0.25) is 0 Å². The van der Waals surface area contributed by atoms with Gasteiger partial charge in [0, 0.05) is 17.3 Å². The highest BCUT2D eigenvalue weighted by atomic mass is 35.5. The van der Waals surface area contributed by atoms with Gasteiger partial charge in [0.25, 0.3) is 11.7 Å². The fraction of sp³-hybridized carbons (Fsp3) is 0.267. The summed E-state index contributed by atoms with van der Waals surface area (Å²) in [5, 5.41) is 0.499. The van der Waals surface area contributed by atoms with Gasteiger partial charge in [-0.15, -0.1) is 0 Å². The lowest BCUT2D eigenvalue weighted by Gasteiger charge is -2.19. The maximum absolute atomic E-state index is 12.2. The number of nitrogens with zero attached hydrogens (tertiary/aromatic N) is 3. The lowest BCUT2D eigenvalue weighted by Crippen LogP contribution is -2.30. The zero-order valence-corrected chi connectivity index (χ0v) is 12.5. The molecule has 1 aromatic heterocycles. The van der Waals surface area contributed by atoms with E-state index in [0.717, 1.165) is 5.69 Å². The molecule has 0 saturated carbocycles. The van der Waals surface area contributed by atoms with E-state index in [1.807, 2.05) is 18.4 Å². The number of amides is 1. The maximum atomic E-state index is 12.2. The fourth-order valence-electron chi connectivity index (χ4n) is 2.51. The lowest BCUT2D eigenvalue weighted by atomic mass is 10.1. The van der Waals surface area contributed by atoms with E-state index in [0.29, 0.717) is 22.8 Å². The SMILES string of the molecule is CC(C)n1cncc1CN1C(=O)C(=O)c2ccc(Cl)cc21. The minimum atomic E-state index is -0.524. The summed E-state index contributed by atoms with van der Waals surface area (Å²) in [6, 6.07) is 5.09. The molecule has 0 radical (unpaired) electrons. The van der Waals surface area contributed by atoms with Crippen molar-refractivity contribution in [3.8, 4) is 0 Å². The quantitative estimate of drug-likeness (QED) is 0.819. The molecule has 1 aliphatic rings. The second kappa shape index (κ2) is 5.00. The lowest BCUT2D eigenvalue weighted by molar-refractivity contribution is -0.114. The van der Waals surface area contributed by atoms with E-state index in [-0.39, 0.29) is 6.04 Å². The average Bonchev–Trinajstić information content (AvgIpc) is 2.99. The van der Waals surface area contributed by atoms with Crippen molar-refractivity contribution >= 4 is 29.0 Å². The van der Waals surface area contributed by atoms with Gasteiger partial charge in [-0.2, -0.15) is 0 Å². The van der Waals surface area contributed by atoms with Gasteiger partial charge >= 0.3 is 0 Å². The van der Waals surface area contributed by atoms with Gasteiger partial charge in [-0.3, -0.25) is 14.5 Å². The molecule has 21 heavy (non-hydrogen) atoms. The number of halogens is 1. The minimum absolute atomic E-state index is 0.231. The summed E-state index contributed by atoms with van der Waals surface area (Å²) < 4.78 is 1.97. The van der Waals surface area contributed by atoms with Crippen molar-refractivity contribution in [1.82, 2.24) is 9.55 Å². The van der Waals surface area contributed by atoms with Crippen molar-refractivity contribution in [2.24, 2.45) is 0 Å². The van der Waals surface area contributed by atoms with Crippen LogP contribution in [0.5, 0.6) is 0 Å². The Kier molecular flexibility index (Phi) is 3.29. The van der Waals surface area contributed by atoms with Crippen LogP contribution in [0.25, 0.3) is 0 Å². The van der Waals surface area contributed by atoms with Gasteiger partial charge in [0.05, 0.1) is 29.8 Å². The monoisotopic (exact) mass is 303 g/mol. The standard InChI is InChI=1S/C15H14ClN3O2/c1-9(2)19-8-17-6-11(19)7-18-13-5-10(16)3-4-12(13)14(20)15(18)21/h3-6,8-9H,7H2,1-2H3. The predicted octanol–water partition coefficient (Wildman–Crippen LogP) is 2.85. The molecule has 3 rings (SSSR count). The van der Waals surface area contributed by atoms with Gasteiger partial charge in [0.15, 0.2) is 0 Å². The van der Waals surface area contributed by atoms with Crippen LogP contribution in [0.2, 0.25) is 5.02 Å². The molecule has 2 aromatic rings. The second-order valence-corrected chi connectivity index (χ2v) is 5.70. The van der Waals surface area contributed by atoms with Crippen LogP contribution in [-0.2, 0) is 11.3 Å². The Morgan fingerprint density at radius 2 is 2.05 bits per heavy atom. The zero-order chi connectivity index (χ0) is 15.1. The summed E-state index contributed by atoms with van der Waals surface area (Å²) in [4.78, 5) is 29.8. The van der Waals surface area contributed by atoms with E-state index in [2.05, 4.69) is 4.98 Å². The highest BCUT2D eigenvalue weighted by Crippen LogP contribution is 2.32. The van der Waals surface area contributed by atoms with Gasteiger partial charge in [-0.05, 0) is 32.0 Å². The number of hydrogen-bond acceptors (Lipinski definition) is 3. The number of anilines is 1. The Morgan fingerprint density at radius 3 is 2.76 bits per heavy atom. The molecule has 0 fully saturated rings. The van der Waals surface area contributed by atoms with E-state index in [9.17, 15) is 9.59 Å². The molecule has 0 aliphatic carbocycles. The third-order valence-corrected chi connectivity index (χ3v) is 3.79. The number of carbonyl (C=O) groups excluding carboxylic acids is 2. The van der Waals surface area contributed by atoms with Crippen LogP contribution in [-0.4, -0.2) is 21.2 Å². The molecule has 2 heterocycles. The zero-order valence-electron chi connectivity index (χ0n) is 11.7. The van der Waals surface area contributed by atoms with Crippen LogP contribution in [0, 0.1) is 0 Å². The van der Waals surface area contributed by atoms with E-state index in [1.54, 1.807) is 30.7 Å². The van der Waals surface area contributed by atoms with Crippen LogP contribution in [0.3, 0.4) is 0 Å². The number of imidazole rings is 1. The molecule has 1 aromatic carbocycles.